The standard InChI is InChI=1S/C44H88N2/c1-4-7-10-13-15-17-19-21-23-25-27-29-31-33-35-38-41-46-43-42-45(40-37-12-9-6-3)44(46)39-36-34-32-30-28-26-24-22-20-18-16-14-11-8-5-2/h42-44H,4-41H2,1-3H3. The molecule has 1 rings (SSSR count). The van der Waals surface area contributed by atoms with Gasteiger partial charge in [-0.3, -0.25) is 0 Å². The minimum atomic E-state index is 0.639. The maximum Gasteiger partial charge on any atom is 0.101 e. The molecule has 0 spiro atoms. The molecule has 0 amide bonds. The summed E-state index contributed by atoms with van der Waals surface area (Å²) in [5.74, 6) is 0. The summed E-state index contributed by atoms with van der Waals surface area (Å²) in [7, 11) is 0. The van der Waals surface area contributed by atoms with Gasteiger partial charge in [0.2, 0.25) is 0 Å². The Morgan fingerprint density at radius 1 is 0.283 bits per heavy atom. The van der Waals surface area contributed by atoms with E-state index >= 15 is 0 Å². The third-order valence-corrected chi connectivity index (χ3v) is 10.8. The summed E-state index contributed by atoms with van der Waals surface area (Å²) in [6.07, 6.45) is 57.4. The molecule has 0 aliphatic carbocycles. The predicted octanol–water partition coefficient (Wildman–Crippen LogP) is 15.5. The average molecular weight is 645 g/mol. The van der Waals surface area contributed by atoms with E-state index in [1.165, 1.54) is 244 Å². The van der Waals surface area contributed by atoms with E-state index in [1.807, 2.05) is 0 Å². The van der Waals surface area contributed by atoms with Crippen molar-refractivity contribution in [1.82, 2.24) is 9.80 Å². The summed E-state index contributed by atoms with van der Waals surface area (Å²) in [5.41, 5.74) is 0. The monoisotopic (exact) mass is 645 g/mol. The molecule has 274 valence electrons. The van der Waals surface area contributed by atoms with Gasteiger partial charge in [0.05, 0.1) is 0 Å². The van der Waals surface area contributed by atoms with Crippen LogP contribution in [0.5, 0.6) is 0 Å². The molecule has 1 unspecified atom stereocenters. The molecule has 0 fully saturated rings. The molecule has 0 aromatic carbocycles. The maximum absolute atomic E-state index is 2.72. The van der Waals surface area contributed by atoms with Gasteiger partial charge >= 0.3 is 0 Å². The highest BCUT2D eigenvalue weighted by Crippen LogP contribution is 2.24. The van der Waals surface area contributed by atoms with E-state index < -0.39 is 0 Å². The Morgan fingerprint density at radius 3 is 0.783 bits per heavy atom. The first-order valence-electron chi connectivity index (χ1n) is 22.0. The van der Waals surface area contributed by atoms with Crippen molar-refractivity contribution in [2.24, 2.45) is 0 Å². The van der Waals surface area contributed by atoms with Gasteiger partial charge in [-0.05, 0) is 25.7 Å². The smallest absolute Gasteiger partial charge is 0.101 e. The molecule has 1 aliphatic heterocycles. The van der Waals surface area contributed by atoms with Gasteiger partial charge in [-0.1, -0.05) is 226 Å². The zero-order valence-electron chi connectivity index (χ0n) is 32.5. The van der Waals surface area contributed by atoms with Gasteiger partial charge in [-0.25, -0.2) is 0 Å². The molecular weight excluding hydrogens is 556 g/mol. The van der Waals surface area contributed by atoms with Crippen LogP contribution in [0.25, 0.3) is 0 Å². The van der Waals surface area contributed by atoms with Gasteiger partial charge in [-0.2, -0.15) is 0 Å². The lowest BCUT2D eigenvalue weighted by molar-refractivity contribution is 0.135. The highest BCUT2D eigenvalue weighted by molar-refractivity contribution is 4.97. The number of unbranched alkanes of at least 4 members (excludes halogenated alkanes) is 32. The highest BCUT2D eigenvalue weighted by atomic mass is 15.4. The maximum atomic E-state index is 2.72. The minimum absolute atomic E-state index is 0.639. The molecule has 0 saturated heterocycles. The molecule has 0 N–H and O–H groups in total. The Balaban J connectivity index is 2.07. The molecule has 2 heteroatoms. The van der Waals surface area contributed by atoms with Gasteiger partial charge in [0.25, 0.3) is 0 Å². The summed E-state index contributed by atoms with van der Waals surface area (Å²) in [6, 6.07) is 0. The second-order valence-corrected chi connectivity index (χ2v) is 15.4. The number of hydrogen-bond donors (Lipinski definition) is 0. The van der Waals surface area contributed by atoms with Crippen LogP contribution < -0.4 is 0 Å². The first kappa shape index (κ1) is 43.4. The Hall–Kier alpha value is -0.660. The quantitative estimate of drug-likeness (QED) is 0.0617. The van der Waals surface area contributed by atoms with Gasteiger partial charge < -0.3 is 9.80 Å². The van der Waals surface area contributed by atoms with E-state index in [-0.39, 0.29) is 0 Å². The molecule has 2 nitrogen and oxygen atoms in total. The van der Waals surface area contributed by atoms with Crippen molar-refractivity contribution in [3.8, 4) is 0 Å². The summed E-state index contributed by atoms with van der Waals surface area (Å²) in [4.78, 5) is 5.42. The van der Waals surface area contributed by atoms with Crippen LogP contribution in [0, 0.1) is 0 Å². The normalized spacial score (nSPS) is 14.7. The Labute approximate surface area is 292 Å². The van der Waals surface area contributed by atoms with E-state index in [0.29, 0.717) is 6.17 Å². The molecule has 46 heavy (non-hydrogen) atoms. The van der Waals surface area contributed by atoms with E-state index in [9.17, 15) is 0 Å². The summed E-state index contributed by atoms with van der Waals surface area (Å²) in [5, 5.41) is 0. The van der Waals surface area contributed by atoms with E-state index in [2.05, 4.69) is 43.0 Å². The summed E-state index contributed by atoms with van der Waals surface area (Å²) < 4.78 is 0. The van der Waals surface area contributed by atoms with E-state index in [0.717, 1.165) is 0 Å². The molecule has 0 aromatic heterocycles. The lowest BCUT2D eigenvalue weighted by Gasteiger charge is -2.33. The highest BCUT2D eigenvalue weighted by Gasteiger charge is 2.24. The van der Waals surface area contributed by atoms with Crippen LogP contribution in [0.4, 0.5) is 0 Å². The largest absolute Gasteiger partial charge is 0.356 e. The lowest BCUT2D eigenvalue weighted by atomic mass is 10.0. The second kappa shape index (κ2) is 35.6. The van der Waals surface area contributed by atoms with Gasteiger partial charge in [0.15, 0.2) is 0 Å². The molecule has 0 aromatic rings. The van der Waals surface area contributed by atoms with Crippen LogP contribution in [-0.2, 0) is 0 Å². The van der Waals surface area contributed by atoms with Crippen molar-refractivity contribution < 1.29 is 0 Å². The third kappa shape index (κ3) is 27.3. The molecule has 0 radical (unpaired) electrons. The molecule has 0 bridgehead atoms. The SMILES string of the molecule is CCCCCCCCCCCCCCCCCCN1C=CN(CCCCCC)C1CCCCCCCCCCCCCCCCC. The van der Waals surface area contributed by atoms with Crippen molar-refractivity contribution in [3.63, 3.8) is 0 Å². The lowest BCUT2D eigenvalue weighted by Crippen LogP contribution is -2.39. The first-order valence-corrected chi connectivity index (χ1v) is 22.0. The van der Waals surface area contributed by atoms with Crippen molar-refractivity contribution in [3.05, 3.63) is 12.4 Å². The summed E-state index contributed by atoms with van der Waals surface area (Å²) in [6.45, 7) is 9.48. The molecule has 1 aliphatic rings. The van der Waals surface area contributed by atoms with Crippen molar-refractivity contribution in [1.29, 1.82) is 0 Å². The molecule has 1 heterocycles. The number of hydrogen-bond acceptors (Lipinski definition) is 2. The van der Waals surface area contributed by atoms with Crippen LogP contribution in [0.3, 0.4) is 0 Å². The van der Waals surface area contributed by atoms with Crippen LogP contribution in [-0.4, -0.2) is 29.1 Å². The zero-order valence-corrected chi connectivity index (χ0v) is 32.5. The number of rotatable bonds is 38. The third-order valence-electron chi connectivity index (χ3n) is 10.8. The second-order valence-electron chi connectivity index (χ2n) is 15.4. The summed E-state index contributed by atoms with van der Waals surface area (Å²) >= 11 is 0. The molecular formula is C44H88N2. The van der Waals surface area contributed by atoms with Crippen LogP contribution in [0.2, 0.25) is 0 Å². The predicted molar refractivity (Wildman–Crippen MR) is 210 cm³/mol. The first-order chi connectivity index (χ1) is 22.8. The molecule has 0 saturated carbocycles. The van der Waals surface area contributed by atoms with Crippen molar-refractivity contribution >= 4 is 0 Å². The van der Waals surface area contributed by atoms with E-state index in [1.54, 1.807) is 0 Å². The van der Waals surface area contributed by atoms with Gasteiger partial charge in [0, 0.05) is 25.5 Å². The Kier molecular flexibility index (Phi) is 33.6. The van der Waals surface area contributed by atoms with Gasteiger partial charge in [-0.15, -0.1) is 0 Å². The Bertz CT molecular complexity index is 601. The van der Waals surface area contributed by atoms with Crippen molar-refractivity contribution in [2.45, 2.75) is 258 Å². The fourth-order valence-electron chi connectivity index (χ4n) is 7.60. The van der Waals surface area contributed by atoms with Crippen molar-refractivity contribution in [2.75, 3.05) is 13.1 Å². The zero-order chi connectivity index (χ0) is 33.0. The fourth-order valence-corrected chi connectivity index (χ4v) is 7.60. The number of nitrogens with zero attached hydrogens (tertiary/aromatic N) is 2. The minimum Gasteiger partial charge on any atom is -0.356 e. The van der Waals surface area contributed by atoms with Crippen LogP contribution >= 0.6 is 0 Å². The average Bonchev–Trinajstić information content (AvgIpc) is 3.45. The van der Waals surface area contributed by atoms with E-state index in [4.69, 9.17) is 0 Å². The topological polar surface area (TPSA) is 6.48 Å². The van der Waals surface area contributed by atoms with Crippen LogP contribution in [0.15, 0.2) is 12.4 Å². The Morgan fingerprint density at radius 2 is 0.500 bits per heavy atom. The van der Waals surface area contributed by atoms with Gasteiger partial charge in [0.1, 0.15) is 6.17 Å². The fraction of sp³-hybridized carbons (Fsp3) is 0.955. The van der Waals surface area contributed by atoms with Crippen LogP contribution in [0.1, 0.15) is 252 Å². The molecule has 1 atom stereocenters.